The highest BCUT2D eigenvalue weighted by Crippen LogP contribution is 2.42. The molecule has 178 valence electrons. The number of anilines is 2. The predicted octanol–water partition coefficient (Wildman–Crippen LogP) is 6.23. The molecule has 0 aliphatic heterocycles. The molecule has 1 heterocycles. The van der Waals surface area contributed by atoms with Crippen LogP contribution in [-0.2, 0) is 0 Å². The molecule has 0 amide bonds. The van der Waals surface area contributed by atoms with Crippen molar-refractivity contribution in [1.82, 2.24) is 9.97 Å². The smallest absolute Gasteiger partial charge is 0.203 e. The van der Waals surface area contributed by atoms with E-state index in [-0.39, 0.29) is 0 Å². The highest BCUT2D eigenvalue weighted by Gasteiger charge is 2.21. The highest BCUT2D eigenvalue weighted by atomic mass is 32.2. The van der Waals surface area contributed by atoms with Gasteiger partial charge in [-0.15, -0.1) is 0 Å². The van der Waals surface area contributed by atoms with Crippen molar-refractivity contribution in [1.29, 1.82) is 5.26 Å². The van der Waals surface area contributed by atoms with Gasteiger partial charge in [0.05, 0.1) is 27.0 Å². The minimum Gasteiger partial charge on any atom is -0.493 e. The fourth-order valence-corrected chi connectivity index (χ4v) is 4.44. The van der Waals surface area contributed by atoms with E-state index in [4.69, 9.17) is 24.2 Å². The third-order valence-corrected chi connectivity index (χ3v) is 6.14. The number of aromatic nitrogens is 2. The molecular formula is C26H30N4O3S. The number of aryl methyl sites for hydroxylation is 1. The number of methoxy groups -OCH3 is 3. The Morgan fingerprint density at radius 2 is 1.71 bits per heavy atom. The first-order valence-corrected chi connectivity index (χ1v) is 12.0. The van der Waals surface area contributed by atoms with Gasteiger partial charge in [-0.25, -0.2) is 9.97 Å². The van der Waals surface area contributed by atoms with Crippen molar-refractivity contribution in [3.63, 3.8) is 0 Å². The molecule has 0 atom stereocenters. The molecule has 34 heavy (non-hydrogen) atoms. The van der Waals surface area contributed by atoms with Gasteiger partial charge >= 0.3 is 0 Å². The van der Waals surface area contributed by atoms with Crippen LogP contribution in [0, 0.1) is 24.2 Å². The Bertz CT molecular complexity index is 1170. The molecule has 0 unspecified atom stereocenters. The van der Waals surface area contributed by atoms with Crippen molar-refractivity contribution in [2.75, 3.05) is 32.4 Å². The van der Waals surface area contributed by atoms with Crippen LogP contribution in [0.15, 0.2) is 41.6 Å². The second kappa shape index (κ2) is 11.6. The molecule has 0 aliphatic carbocycles. The lowest BCUT2D eigenvalue weighted by atomic mass is 10.1. The van der Waals surface area contributed by atoms with Gasteiger partial charge in [0.15, 0.2) is 22.5 Å². The van der Waals surface area contributed by atoms with E-state index in [0.717, 1.165) is 23.4 Å². The van der Waals surface area contributed by atoms with Gasteiger partial charge in [-0.2, -0.15) is 5.26 Å². The van der Waals surface area contributed by atoms with Crippen molar-refractivity contribution in [3.8, 4) is 34.6 Å². The van der Waals surface area contributed by atoms with Crippen molar-refractivity contribution in [3.05, 3.63) is 47.5 Å². The van der Waals surface area contributed by atoms with Crippen molar-refractivity contribution in [2.45, 2.75) is 32.3 Å². The third-order valence-electron chi connectivity index (χ3n) is 5.26. The first-order chi connectivity index (χ1) is 16.4. The largest absolute Gasteiger partial charge is 0.493 e. The van der Waals surface area contributed by atoms with Crippen LogP contribution < -0.4 is 19.5 Å². The summed E-state index contributed by atoms with van der Waals surface area (Å²) in [6, 6.07) is 13.8. The van der Waals surface area contributed by atoms with Crippen LogP contribution in [0.5, 0.6) is 17.2 Å². The lowest BCUT2D eigenvalue weighted by molar-refractivity contribution is 0.324. The number of thioether (sulfide) groups is 1. The Labute approximate surface area is 205 Å². The van der Waals surface area contributed by atoms with E-state index in [1.54, 1.807) is 45.2 Å². The summed E-state index contributed by atoms with van der Waals surface area (Å²) in [6.07, 6.45) is 1.04. The standard InChI is InChI=1S/C26H30N4O3S/c1-16(2)11-12-34-26-29-23(18-13-21(31-4)24(33-6)22(14-18)32-5)19(15-27)25(30-26)28-20-10-8-7-9-17(20)3/h7-10,13-14,16H,11-12H2,1-6H3,(H,28,29,30). The Hall–Kier alpha value is -3.44. The number of nitrogens with zero attached hydrogens (tertiary/aromatic N) is 3. The molecule has 0 saturated carbocycles. The molecule has 1 N–H and O–H groups in total. The summed E-state index contributed by atoms with van der Waals surface area (Å²) in [5.74, 6) is 3.37. The number of rotatable bonds is 10. The predicted molar refractivity (Wildman–Crippen MR) is 136 cm³/mol. The second-order valence-electron chi connectivity index (χ2n) is 8.08. The van der Waals surface area contributed by atoms with Crippen LogP contribution in [0.4, 0.5) is 11.5 Å². The van der Waals surface area contributed by atoms with E-state index in [2.05, 4.69) is 25.2 Å². The molecule has 2 aromatic carbocycles. The van der Waals surface area contributed by atoms with Crippen LogP contribution in [0.3, 0.4) is 0 Å². The summed E-state index contributed by atoms with van der Waals surface area (Å²) in [5, 5.41) is 14.1. The van der Waals surface area contributed by atoms with Gasteiger partial charge < -0.3 is 19.5 Å². The fourth-order valence-electron chi connectivity index (χ4n) is 3.35. The molecule has 8 heteroatoms. The number of ether oxygens (including phenoxy) is 3. The van der Waals surface area contributed by atoms with Gasteiger partial charge in [-0.3, -0.25) is 0 Å². The lowest BCUT2D eigenvalue weighted by Gasteiger charge is -2.17. The Morgan fingerprint density at radius 1 is 1.03 bits per heavy atom. The summed E-state index contributed by atoms with van der Waals surface area (Å²) in [7, 11) is 4.67. The van der Waals surface area contributed by atoms with Crippen molar-refractivity contribution in [2.24, 2.45) is 5.92 Å². The Kier molecular flexibility index (Phi) is 8.61. The number of benzene rings is 2. The van der Waals surface area contributed by atoms with E-state index >= 15 is 0 Å². The molecule has 0 aliphatic rings. The number of nitrogens with one attached hydrogen (secondary N) is 1. The summed E-state index contributed by atoms with van der Waals surface area (Å²) in [6.45, 7) is 6.38. The van der Waals surface area contributed by atoms with Crippen LogP contribution in [0.1, 0.15) is 31.4 Å². The maximum atomic E-state index is 10.1. The van der Waals surface area contributed by atoms with E-state index in [1.807, 2.05) is 31.2 Å². The van der Waals surface area contributed by atoms with Gasteiger partial charge in [0.1, 0.15) is 11.6 Å². The topological polar surface area (TPSA) is 89.3 Å². The lowest BCUT2D eigenvalue weighted by Crippen LogP contribution is -2.05. The van der Waals surface area contributed by atoms with Crippen LogP contribution in [0.2, 0.25) is 0 Å². The van der Waals surface area contributed by atoms with Gasteiger partial charge in [0.25, 0.3) is 0 Å². The molecule has 0 radical (unpaired) electrons. The van der Waals surface area contributed by atoms with Crippen molar-refractivity contribution < 1.29 is 14.2 Å². The average Bonchev–Trinajstić information content (AvgIpc) is 2.83. The van der Waals surface area contributed by atoms with E-state index in [0.29, 0.717) is 51.0 Å². The summed E-state index contributed by atoms with van der Waals surface area (Å²) in [5.41, 5.74) is 3.44. The van der Waals surface area contributed by atoms with Crippen LogP contribution in [0.25, 0.3) is 11.3 Å². The van der Waals surface area contributed by atoms with Gasteiger partial charge in [-0.1, -0.05) is 43.8 Å². The molecule has 0 saturated heterocycles. The first-order valence-electron chi connectivity index (χ1n) is 11.0. The maximum absolute atomic E-state index is 10.1. The molecule has 3 rings (SSSR count). The number of hydrogen-bond donors (Lipinski definition) is 1. The molecule has 0 bridgehead atoms. The zero-order valence-electron chi connectivity index (χ0n) is 20.4. The van der Waals surface area contributed by atoms with Crippen molar-refractivity contribution >= 4 is 23.3 Å². The normalized spacial score (nSPS) is 10.6. The molecular weight excluding hydrogens is 448 g/mol. The monoisotopic (exact) mass is 478 g/mol. The minimum absolute atomic E-state index is 0.339. The zero-order chi connectivity index (χ0) is 24.7. The number of nitriles is 1. The summed E-state index contributed by atoms with van der Waals surface area (Å²) < 4.78 is 16.5. The fraction of sp³-hybridized carbons (Fsp3) is 0.346. The average molecular weight is 479 g/mol. The molecule has 3 aromatic rings. The highest BCUT2D eigenvalue weighted by molar-refractivity contribution is 7.99. The molecule has 0 fully saturated rings. The number of hydrogen-bond acceptors (Lipinski definition) is 8. The minimum atomic E-state index is 0.339. The maximum Gasteiger partial charge on any atom is 0.203 e. The number of para-hydroxylation sites is 1. The Balaban J connectivity index is 2.19. The van der Waals surface area contributed by atoms with E-state index in [1.165, 1.54) is 0 Å². The van der Waals surface area contributed by atoms with Crippen LogP contribution in [-0.4, -0.2) is 37.1 Å². The van der Waals surface area contributed by atoms with Crippen LogP contribution >= 0.6 is 11.8 Å². The van der Waals surface area contributed by atoms with Gasteiger partial charge in [0.2, 0.25) is 5.75 Å². The molecule has 1 aromatic heterocycles. The third kappa shape index (κ3) is 5.72. The SMILES string of the molecule is COc1cc(-c2nc(SCCC(C)C)nc(Nc3ccccc3C)c2C#N)cc(OC)c1OC. The molecule has 0 spiro atoms. The zero-order valence-corrected chi connectivity index (χ0v) is 21.2. The summed E-state index contributed by atoms with van der Waals surface area (Å²) in [4.78, 5) is 9.49. The quantitative estimate of drug-likeness (QED) is 0.271. The summed E-state index contributed by atoms with van der Waals surface area (Å²) >= 11 is 1.57. The van der Waals surface area contributed by atoms with E-state index < -0.39 is 0 Å². The Morgan fingerprint density at radius 3 is 2.26 bits per heavy atom. The van der Waals surface area contributed by atoms with Gasteiger partial charge in [0, 0.05) is 17.0 Å². The first kappa shape index (κ1) is 25.2. The molecule has 7 nitrogen and oxygen atoms in total. The van der Waals surface area contributed by atoms with Gasteiger partial charge in [-0.05, 0) is 43.0 Å². The van der Waals surface area contributed by atoms with E-state index in [9.17, 15) is 5.26 Å². The second-order valence-corrected chi connectivity index (χ2v) is 9.14.